The Bertz CT molecular complexity index is 449. The van der Waals surface area contributed by atoms with Crippen molar-refractivity contribution in [2.24, 2.45) is 5.92 Å². The van der Waals surface area contributed by atoms with Crippen molar-refractivity contribution in [2.45, 2.75) is 39.7 Å². The van der Waals surface area contributed by atoms with Gasteiger partial charge in [-0.1, -0.05) is 32.4 Å². The monoisotopic (exact) mass is 299 g/mol. The molecule has 1 aromatic carbocycles. The molecule has 0 fully saturated rings. The van der Waals surface area contributed by atoms with E-state index >= 15 is 0 Å². The Kier molecular flexibility index (Phi) is 6.82. The minimum Gasteiger partial charge on any atom is -0.491 e. The fourth-order valence-corrected chi connectivity index (χ4v) is 1.74. The zero-order chi connectivity index (χ0) is 15.1. The maximum Gasteiger partial charge on any atom is 0.227 e. The second kappa shape index (κ2) is 8.12. The lowest BCUT2D eigenvalue weighted by Gasteiger charge is -2.16. The number of nitrogens with one attached hydrogen (secondary N) is 1. The minimum atomic E-state index is -0.658. The third kappa shape index (κ3) is 5.39. The van der Waals surface area contributed by atoms with Crippen LogP contribution in [-0.2, 0) is 4.79 Å². The van der Waals surface area contributed by atoms with Crippen molar-refractivity contribution < 1.29 is 14.6 Å². The quantitative estimate of drug-likeness (QED) is 0.810. The van der Waals surface area contributed by atoms with E-state index in [2.05, 4.69) is 5.32 Å². The van der Waals surface area contributed by atoms with E-state index in [1.54, 1.807) is 18.2 Å². The number of aliphatic hydroxyl groups is 1. The number of hydrogen-bond donors (Lipinski definition) is 2. The van der Waals surface area contributed by atoms with Gasteiger partial charge in [0.2, 0.25) is 5.91 Å². The number of rotatable bonds is 7. The van der Waals surface area contributed by atoms with Crippen LogP contribution in [0.4, 0.5) is 5.69 Å². The Morgan fingerprint density at radius 1 is 1.45 bits per heavy atom. The summed E-state index contributed by atoms with van der Waals surface area (Å²) in [4.78, 5) is 11.9. The van der Waals surface area contributed by atoms with E-state index < -0.39 is 6.10 Å². The molecule has 0 bridgehead atoms. The van der Waals surface area contributed by atoms with Gasteiger partial charge in [-0.3, -0.25) is 4.79 Å². The predicted molar refractivity (Wildman–Crippen MR) is 81.3 cm³/mol. The first-order chi connectivity index (χ1) is 9.43. The highest BCUT2D eigenvalue weighted by Gasteiger charge is 2.16. The summed E-state index contributed by atoms with van der Waals surface area (Å²) in [6.07, 6.45) is 0.272. The molecule has 1 aromatic rings. The average molecular weight is 300 g/mol. The molecule has 0 radical (unpaired) electrons. The zero-order valence-corrected chi connectivity index (χ0v) is 12.9. The number of carbonyl (C=O) groups is 1. The Balaban J connectivity index is 2.74. The predicted octanol–water partition coefficient (Wildman–Crippen LogP) is 3.47. The number of ether oxygens (including phenoxy) is 1. The van der Waals surface area contributed by atoms with Gasteiger partial charge in [-0.2, -0.15) is 0 Å². The van der Waals surface area contributed by atoms with Crippen LogP contribution in [0.2, 0.25) is 5.02 Å². The van der Waals surface area contributed by atoms with Crippen molar-refractivity contribution in [2.75, 3.05) is 11.9 Å². The lowest BCUT2D eigenvalue weighted by Crippen LogP contribution is -2.23. The number of benzene rings is 1. The van der Waals surface area contributed by atoms with Gasteiger partial charge in [0, 0.05) is 5.02 Å². The molecule has 0 spiro atoms. The first kappa shape index (κ1) is 16.8. The van der Waals surface area contributed by atoms with Crippen LogP contribution in [0.5, 0.6) is 5.75 Å². The van der Waals surface area contributed by atoms with Gasteiger partial charge in [0.15, 0.2) is 0 Å². The summed E-state index contributed by atoms with van der Waals surface area (Å²) in [7, 11) is 0. The van der Waals surface area contributed by atoms with Crippen LogP contribution in [0.15, 0.2) is 18.2 Å². The Labute approximate surface area is 125 Å². The Hall–Kier alpha value is -1.26. The van der Waals surface area contributed by atoms with Crippen LogP contribution < -0.4 is 10.1 Å². The SMILES string of the molecule is CCCOc1ccc(Cl)cc1NC(=O)CC(O)C(C)C. The summed E-state index contributed by atoms with van der Waals surface area (Å²) in [6, 6.07) is 5.09. The van der Waals surface area contributed by atoms with E-state index in [4.69, 9.17) is 16.3 Å². The van der Waals surface area contributed by atoms with Crippen molar-refractivity contribution in [3.63, 3.8) is 0 Å². The smallest absolute Gasteiger partial charge is 0.227 e. The first-order valence-electron chi connectivity index (χ1n) is 6.84. The maximum absolute atomic E-state index is 11.9. The zero-order valence-electron chi connectivity index (χ0n) is 12.1. The molecule has 2 N–H and O–H groups in total. The molecule has 1 atom stereocenters. The highest BCUT2D eigenvalue weighted by atomic mass is 35.5. The molecule has 1 rings (SSSR count). The molecule has 0 heterocycles. The molecule has 20 heavy (non-hydrogen) atoms. The lowest BCUT2D eigenvalue weighted by atomic mass is 10.0. The standard InChI is InChI=1S/C15H22ClNO3/c1-4-7-20-14-6-5-11(16)8-12(14)17-15(19)9-13(18)10(2)3/h5-6,8,10,13,18H,4,7,9H2,1-3H3,(H,17,19). The second-order valence-corrected chi connectivity index (χ2v) is 5.49. The summed E-state index contributed by atoms with van der Waals surface area (Å²) in [5.41, 5.74) is 0.534. The molecule has 0 aliphatic rings. The molecule has 5 heteroatoms. The van der Waals surface area contributed by atoms with E-state index in [0.29, 0.717) is 23.1 Å². The van der Waals surface area contributed by atoms with Crippen molar-refractivity contribution >= 4 is 23.2 Å². The van der Waals surface area contributed by atoms with Crippen molar-refractivity contribution in [1.82, 2.24) is 0 Å². The third-order valence-electron chi connectivity index (χ3n) is 2.84. The van der Waals surface area contributed by atoms with Crippen LogP contribution in [0.25, 0.3) is 0 Å². The molecule has 1 amide bonds. The van der Waals surface area contributed by atoms with E-state index in [9.17, 15) is 9.90 Å². The number of hydrogen-bond acceptors (Lipinski definition) is 3. The number of aliphatic hydroxyl groups excluding tert-OH is 1. The van der Waals surface area contributed by atoms with Crippen LogP contribution in [-0.4, -0.2) is 23.7 Å². The molecule has 1 unspecified atom stereocenters. The van der Waals surface area contributed by atoms with Crippen LogP contribution in [0, 0.1) is 5.92 Å². The lowest BCUT2D eigenvalue weighted by molar-refractivity contribution is -0.118. The molecular weight excluding hydrogens is 278 g/mol. The largest absolute Gasteiger partial charge is 0.491 e. The van der Waals surface area contributed by atoms with Crippen LogP contribution >= 0.6 is 11.6 Å². The number of halogens is 1. The minimum absolute atomic E-state index is 0.0379. The van der Waals surface area contributed by atoms with E-state index in [1.807, 2.05) is 20.8 Å². The van der Waals surface area contributed by atoms with Gasteiger partial charge >= 0.3 is 0 Å². The van der Waals surface area contributed by atoms with Crippen molar-refractivity contribution in [3.8, 4) is 5.75 Å². The van der Waals surface area contributed by atoms with Crippen LogP contribution in [0.1, 0.15) is 33.6 Å². The molecule has 4 nitrogen and oxygen atoms in total. The van der Waals surface area contributed by atoms with Gasteiger partial charge in [-0.15, -0.1) is 0 Å². The Morgan fingerprint density at radius 3 is 2.75 bits per heavy atom. The molecule has 0 saturated heterocycles. The van der Waals surface area contributed by atoms with Gasteiger partial charge < -0.3 is 15.2 Å². The van der Waals surface area contributed by atoms with Gasteiger partial charge in [-0.05, 0) is 30.5 Å². The number of carbonyl (C=O) groups excluding carboxylic acids is 1. The summed E-state index contributed by atoms with van der Waals surface area (Å²) in [5, 5.41) is 13.0. The summed E-state index contributed by atoms with van der Waals surface area (Å²) < 4.78 is 5.56. The highest BCUT2D eigenvalue weighted by molar-refractivity contribution is 6.31. The topological polar surface area (TPSA) is 58.6 Å². The molecule has 0 aromatic heterocycles. The fourth-order valence-electron chi connectivity index (χ4n) is 1.56. The third-order valence-corrected chi connectivity index (χ3v) is 3.08. The van der Waals surface area contributed by atoms with Crippen LogP contribution in [0.3, 0.4) is 0 Å². The maximum atomic E-state index is 11.9. The molecule has 0 aliphatic heterocycles. The second-order valence-electron chi connectivity index (χ2n) is 5.05. The van der Waals surface area contributed by atoms with Crippen molar-refractivity contribution in [1.29, 1.82) is 0 Å². The average Bonchev–Trinajstić information content (AvgIpc) is 2.37. The van der Waals surface area contributed by atoms with Gasteiger partial charge in [0.05, 0.1) is 24.8 Å². The summed E-state index contributed by atoms with van der Waals surface area (Å²) in [6.45, 7) is 6.31. The summed E-state index contributed by atoms with van der Waals surface area (Å²) in [5.74, 6) is 0.370. The van der Waals surface area contributed by atoms with E-state index in [-0.39, 0.29) is 18.2 Å². The number of anilines is 1. The van der Waals surface area contributed by atoms with Gasteiger partial charge in [0.25, 0.3) is 0 Å². The Morgan fingerprint density at radius 2 is 2.15 bits per heavy atom. The highest BCUT2D eigenvalue weighted by Crippen LogP contribution is 2.28. The number of amides is 1. The molecular formula is C15H22ClNO3. The molecule has 0 saturated carbocycles. The van der Waals surface area contributed by atoms with E-state index in [0.717, 1.165) is 6.42 Å². The molecule has 0 aliphatic carbocycles. The molecule has 112 valence electrons. The van der Waals surface area contributed by atoms with Gasteiger partial charge in [0.1, 0.15) is 5.75 Å². The van der Waals surface area contributed by atoms with E-state index in [1.165, 1.54) is 0 Å². The van der Waals surface area contributed by atoms with Gasteiger partial charge in [-0.25, -0.2) is 0 Å². The summed E-state index contributed by atoms with van der Waals surface area (Å²) >= 11 is 5.93. The fraction of sp³-hybridized carbons (Fsp3) is 0.533. The van der Waals surface area contributed by atoms with Crippen molar-refractivity contribution in [3.05, 3.63) is 23.2 Å². The normalized spacial score (nSPS) is 12.3. The first-order valence-corrected chi connectivity index (χ1v) is 7.22.